The van der Waals surface area contributed by atoms with E-state index < -0.39 is 0 Å². The highest BCUT2D eigenvalue weighted by Crippen LogP contribution is 2.25. The Morgan fingerprint density at radius 1 is 1.22 bits per heavy atom. The van der Waals surface area contributed by atoms with Crippen LogP contribution in [0.25, 0.3) is 0 Å². The molecular weight excluding hydrogens is 366 g/mol. The Kier molecular flexibility index (Phi) is 5.96. The number of rotatable bonds is 4. The van der Waals surface area contributed by atoms with Crippen LogP contribution in [-0.4, -0.2) is 41.9 Å². The van der Waals surface area contributed by atoms with E-state index in [2.05, 4.69) is 10.3 Å². The van der Waals surface area contributed by atoms with E-state index in [9.17, 15) is 9.59 Å². The molecule has 1 aromatic heterocycles. The Balaban J connectivity index is 1.60. The van der Waals surface area contributed by atoms with Crippen molar-refractivity contribution in [1.82, 2.24) is 9.88 Å². The van der Waals surface area contributed by atoms with E-state index in [-0.39, 0.29) is 17.7 Å². The van der Waals surface area contributed by atoms with Gasteiger partial charge in [-0.2, -0.15) is 0 Å². The van der Waals surface area contributed by atoms with Crippen molar-refractivity contribution in [3.8, 4) is 5.75 Å². The maximum absolute atomic E-state index is 12.9. The maximum atomic E-state index is 12.9. The number of halogens is 1. The summed E-state index contributed by atoms with van der Waals surface area (Å²) in [5, 5.41) is 3.33. The Hall–Kier alpha value is -2.60. The molecule has 0 bridgehead atoms. The number of nitrogens with zero attached hydrogens (tertiary/aromatic N) is 2. The number of nitrogens with one attached hydrogen (secondary N) is 1. The topological polar surface area (TPSA) is 71.5 Å². The fraction of sp³-hybridized carbons (Fsp3) is 0.350. The molecule has 6 nitrogen and oxygen atoms in total. The van der Waals surface area contributed by atoms with Gasteiger partial charge in [0.15, 0.2) is 0 Å². The molecule has 2 aromatic rings. The smallest absolute Gasteiger partial charge is 0.257 e. The average Bonchev–Trinajstić information content (AvgIpc) is 2.69. The van der Waals surface area contributed by atoms with E-state index >= 15 is 0 Å². The Bertz CT molecular complexity index is 831. The van der Waals surface area contributed by atoms with Crippen LogP contribution in [-0.2, 0) is 4.79 Å². The minimum Gasteiger partial charge on any atom is -0.496 e. The van der Waals surface area contributed by atoms with Crippen LogP contribution >= 0.6 is 11.6 Å². The molecule has 1 aliphatic heterocycles. The number of aryl methyl sites for hydroxylation is 1. The van der Waals surface area contributed by atoms with Crippen molar-refractivity contribution in [3.63, 3.8) is 0 Å². The molecule has 0 spiro atoms. The molecule has 0 radical (unpaired) electrons. The quantitative estimate of drug-likeness (QED) is 0.870. The van der Waals surface area contributed by atoms with Gasteiger partial charge >= 0.3 is 0 Å². The number of amides is 2. The van der Waals surface area contributed by atoms with Crippen LogP contribution < -0.4 is 10.1 Å². The summed E-state index contributed by atoms with van der Waals surface area (Å²) in [6.07, 6.45) is 2.71. The lowest BCUT2D eigenvalue weighted by atomic mass is 9.95. The molecule has 27 heavy (non-hydrogen) atoms. The second kappa shape index (κ2) is 8.39. The van der Waals surface area contributed by atoms with Crippen molar-refractivity contribution >= 4 is 29.2 Å². The van der Waals surface area contributed by atoms with Crippen LogP contribution in [0.4, 0.5) is 5.82 Å². The highest BCUT2D eigenvalue weighted by atomic mass is 35.5. The van der Waals surface area contributed by atoms with Crippen molar-refractivity contribution in [2.75, 3.05) is 25.5 Å². The number of methoxy groups -OCH3 is 1. The Morgan fingerprint density at radius 3 is 2.59 bits per heavy atom. The predicted molar refractivity (Wildman–Crippen MR) is 104 cm³/mol. The van der Waals surface area contributed by atoms with Gasteiger partial charge in [0.05, 0.1) is 17.7 Å². The minimum atomic E-state index is -0.147. The first-order chi connectivity index (χ1) is 13.0. The van der Waals surface area contributed by atoms with Gasteiger partial charge in [-0.25, -0.2) is 4.98 Å². The van der Waals surface area contributed by atoms with Crippen LogP contribution in [0.2, 0.25) is 5.02 Å². The number of anilines is 1. The molecule has 0 saturated carbocycles. The lowest BCUT2D eigenvalue weighted by Crippen LogP contribution is -2.41. The lowest BCUT2D eigenvalue weighted by Gasteiger charge is -2.31. The van der Waals surface area contributed by atoms with E-state index in [1.807, 2.05) is 25.1 Å². The summed E-state index contributed by atoms with van der Waals surface area (Å²) < 4.78 is 5.32. The largest absolute Gasteiger partial charge is 0.496 e. The van der Waals surface area contributed by atoms with Crippen LogP contribution in [0, 0.1) is 12.8 Å². The molecule has 142 valence electrons. The molecular formula is C20H22ClN3O3. The summed E-state index contributed by atoms with van der Waals surface area (Å²) in [7, 11) is 1.56. The van der Waals surface area contributed by atoms with E-state index in [0.29, 0.717) is 48.1 Å². The van der Waals surface area contributed by atoms with Gasteiger partial charge in [-0.05, 0) is 44.0 Å². The van der Waals surface area contributed by atoms with Gasteiger partial charge in [0, 0.05) is 25.2 Å². The summed E-state index contributed by atoms with van der Waals surface area (Å²) >= 11 is 5.80. The number of hydrogen-bond donors (Lipinski definition) is 1. The standard InChI is InChI=1S/C20H22ClN3O3/c1-13-3-5-17(27-2)16(11-13)20(26)24-9-7-14(8-10-24)19(25)23-18-6-4-15(21)12-22-18/h3-6,11-12,14H,7-10H2,1-2H3,(H,22,23,25). The Labute approximate surface area is 163 Å². The summed E-state index contributed by atoms with van der Waals surface area (Å²) in [5.41, 5.74) is 1.56. The number of benzene rings is 1. The van der Waals surface area contributed by atoms with Crippen molar-refractivity contribution in [1.29, 1.82) is 0 Å². The fourth-order valence-electron chi connectivity index (χ4n) is 3.18. The first-order valence-electron chi connectivity index (χ1n) is 8.84. The lowest BCUT2D eigenvalue weighted by molar-refractivity contribution is -0.121. The normalized spacial score (nSPS) is 14.7. The number of carbonyl (C=O) groups excluding carboxylic acids is 2. The van der Waals surface area contributed by atoms with E-state index in [1.54, 1.807) is 24.1 Å². The average molecular weight is 388 g/mol. The van der Waals surface area contributed by atoms with Gasteiger partial charge in [0.2, 0.25) is 5.91 Å². The van der Waals surface area contributed by atoms with Crippen molar-refractivity contribution in [2.24, 2.45) is 5.92 Å². The van der Waals surface area contributed by atoms with E-state index in [1.165, 1.54) is 6.20 Å². The molecule has 1 fully saturated rings. The number of likely N-dealkylation sites (tertiary alicyclic amines) is 1. The van der Waals surface area contributed by atoms with Crippen LogP contribution in [0.1, 0.15) is 28.8 Å². The number of carbonyl (C=O) groups is 2. The van der Waals surface area contributed by atoms with Gasteiger partial charge in [-0.1, -0.05) is 23.2 Å². The SMILES string of the molecule is COc1ccc(C)cc1C(=O)N1CCC(C(=O)Nc2ccc(Cl)cn2)CC1. The number of ether oxygens (including phenoxy) is 1. The van der Waals surface area contributed by atoms with Crippen molar-refractivity contribution < 1.29 is 14.3 Å². The van der Waals surface area contributed by atoms with Gasteiger partial charge in [-0.3, -0.25) is 9.59 Å². The molecule has 1 aromatic carbocycles. The Morgan fingerprint density at radius 2 is 1.96 bits per heavy atom. The fourth-order valence-corrected chi connectivity index (χ4v) is 3.29. The molecule has 2 amide bonds. The number of piperidine rings is 1. The maximum Gasteiger partial charge on any atom is 0.257 e. The summed E-state index contributed by atoms with van der Waals surface area (Å²) in [6.45, 7) is 3.00. The third kappa shape index (κ3) is 4.57. The molecule has 1 N–H and O–H groups in total. The monoisotopic (exact) mass is 387 g/mol. The molecule has 0 aliphatic carbocycles. The predicted octanol–water partition coefficient (Wildman–Crippen LogP) is 3.54. The molecule has 0 atom stereocenters. The number of hydrogen-bond acceptors (Lipinski definition) is 4. The van der Waals surface area contributed by atoms with Gasteiger partial charge in [-0.15, -0.1) is 0 Å². The highest BCUT2D eigenvalue weighted by molar-refractivity contribution is 6.30. The number of pyridine rings is 1. The third-order valence-corrected chi connectivity index (χ3v) is 4.94. The molecule has 2 heterocycles. The zero-order chi connectivity index (χ0) is 19.4. The van der Waals surface area contributed by atoms with Gasteiger partial charge in [0.25, 0.3) is 5.91 Å². The van der Waals surface area contributed by atoms with Crippen LogP contribution in [0.15, 0.2) is 36.5 Å². The summed E-state index contributed by atoms with van der Waals surface area (Å²) in [6, 6.07) is 8.91. The van der Waals surface area contributed by atoms with Crippen molar-refractivity contribution in [2.45, 2.75) is 19.8 Å². The van der Waals surface area contributed by atoms with Gasteiger partial charge < -0.3 is 15.0 Å². The van der Waals surface area contributed by atoms with Crippen LogP contribution in [0.5, 0.6) is 5.75 Å². The zero-order valence-electron chi connectivity index (χ0n) is 15.4. The zero-order valence-corrected chi connectivity index (χ0v) is 16.1. The second-order valence-corrected chi connectivity index (χ2v) is 7.06. The summed E-state index contributed by atoms with van der Waals surface area (Å²) in [5.74, 6) is 0.761. The molecule has 3 rings (SSSR count). The highest BCUT2D eigenvalue weighted by Gasteiger charge is 2.29. The minimum absolute atomic E-state index is 0.0613. The molecule has 1 saturated heterocycles. The second-order valence-electron chi connectivity index (χ2n) is 6.62. The molecule has 7 heteroatoms. The van der Waals surface area contributed by atoms with E-state index in [0.717, 1.165) is 5.56 Å². The molecule has 0 unspecified atom stereocenters. The van der Waals surface area contributed by atoms with Crippen LogP contribution in [0.3, 0.4) is 0 Å². The van der Waals surface area contributed by atoms with Crippen molar-refractivity contribution in [3.05, 3.63) is 52.7 Å². The first kappa shape index (κ1) is 19.2. The van der Waals surface area contributed by atoms with E-state index in [4.69, 9.17) is 16.3 Å². The molecule has 1 aliphatic rings. The number of aromatic nitrogens is 1. The van der Waals surface area contributed by atoms with Gasteiger partial charge in [0.1, 0.15) is 11.6 Å². The third-order valence-electron chi connectivity index (χ3n) is 4.72. The summed E-state index contributed by atoms with van der Waals surface area (Å²) in [4.78, 5) is 31.2. The first-order valence-corrected chi connectivity index (χ1v) is 9.22.